The fraction of sp³-hybridized carbons (Fsp3) is 0.158. The number of methoxy groups -OCH3 is 1. The topological polar surface area (TPSA) is 104 Å². The maximum absolute atomic E-state index is 12.7. The summed E-state index contributed by atoms with van der Waals surface area (Å²) >= 11 is 1.51. The van der Waals surface area contributed by atoms with Crippen molar-refractivity contribution in [2.24, 2.45) is 0 Å². The van der Waals surface area contributed by atoms with E-state index in [0.717, 1.165) is 10.6 Å². The van der Waals surface area contributed by atoms with E-state index in [1.807, 2.05) is 17.5 Å². The molecule has 3 aromatic rings. The Labute approximate surface area is 164 Å². The van der Waals surface area contributed by atoms with Gasteiger partial charge < -0.3 is 14.8 Å². The molecule has 0 aliphatic heterocycles. The SMILES string of the molecule is CCOc1cc(C(=O)Nc2ccc(-c3nccs3)cc2)c([N+](=O)[O-])cc1OC. The van der Waals surface area contributed by atoms with Crippen LogP contribution in [0.1, 0.15) is 17.3 Å². The first kappa shape index (κ1) is 19.3. The van der Waals surface area contributed by atoms with Crippen molar-refractivity contribution >= 4 is 28.6 Å². The number of hydrogen-bond acceptors (Lipinski definition) is 7. The van der Waals surface area contributed by atoms with Gasteiger partial charge in [-0.05, 0) is 31.2 Å². The van der Waals surface area contributed by atoms with Crippen LogP contribution in [0.2, 0.25) is 0 Å². The van der Waals surface area contributed by atoms with Gasteiger partial charge >= 0.3 is 0 Å². The zero-order valence-electron chi connectivity index (χ0n) is 15.2. The molecule has 1 aromatic heterocycles. The highest BCUT2D eigenvalue weighted by Crippen LogP contribution is 2.35. The maximum Gasteiger partial charge on any atom is 0.286 e. The normalized spacial score (nSPS) is 10.4. The van der Waals surface area contributed by atoms with Gasteiger partial charge in [0.2, 0.25) is 0 Å². The van der Waals surface area contributed by atoms with Gasteiger partial charge in [-0.15, -0.1) is 11.3 Å². The molecular weight excluding hydrogens is 382 g/mol. The van der Waals surface area contributed by atoms with Gasteiger partial charge in [-0.2, -0.15) is 0 Å². The average Bonchev–Trinajstić information content (AvgIpc) is 3.23. The van der Waals surface area contributed by atoms with Gasteiger partial charge in [0.15, 0.2) is 11.5 Å². The molecule has 2 aromatic carbocycles. The molecule has 0 saturated heterocycles. The Bertz CT molecular complexity index is 988. The lowest BCUT2D eigenvalue weighted by Gasteiger charge is -2.12. The second-order valence-corrected chi connectivity index (χ2v) is 6.47. The van der Waals surface area contributed by atoms with Crippen molar-refractivity contribution in [3.05, 3.63) is 63.7 Å². The summed E-state index contributed by atoms with van der Waals surface area (Å²) in [6, 6.07) is 9.58. The quantitative estimate of drug-likeness (QED) is 0.467. The van der Waals surface area contributed by atoms with Gasteiger partial charge in [-0.25, -0.2) is 4.98 Å². The van der Waals surface area contributed by atoms with Gasteiger partial charge in [0.05, 0.1) is 24.7 Å². The van der Waals surface area contributed by atoms with E-state index in [0.29, 0.717) is 12.3 Å². The summed E-state index contributed by atoms with van der Waals surface area (Å²) in [6.07, 6.45) is 1.72. The molecule has 144 valence electrons. The highest BCUT2D eigenvalue weighted by molar-refractivity contribution is 7.13. The van der Waals surface area contributed by atoms with Crippen molar-refractivity contribution in [2.45, 2.75) is 6.92 Å². The monoisotopic (exact) mass is 399 g/mol. The zero-order valence-corrected chi connectivity index (χ0v) is 16.0. The van der Waals surface area contributed by atoms with E-state index in [1.165, 1.54) is 30.6 Å². The molecule has 1 heterocycles. The number of nitrogens with one attached hydrogen (secondary N) is 1. The van der Waals surface area contributed by atoms with Crippen molar-refractivity contribution in [1.82, 2.24) is 4.98 Å². The summed E-state index contributed by atoms with van der Waals surface area (Å²) < 4.78 is 10.6. The first-order valence-corrected chi connectivity index (χ1v) is 9.22. The molecule has 3 rings (SSSR count). The van der Waals surface area contributed by atoms with Crippen LogP contribution in [0.5, 0.6) is 11.5 Å². The Morgan fingerprint density at radius 2 is 2.00 bits per heavy atom. The van der Waals surface area contributed by atoms with E-state index in [4.69, 9.17) is 9.47 Å². The minimum absolute atomic E-state index is 0.113. The summed E-state index contributed by atoms with van der Waals surface area (Å²) in [4.78, 5) is 27.7. The first-order valence-electron chi connectivity index (χ1n) is 8.34. The van der Waals surface area contributed by atoms with E-state index in [9.17, 15) is 14.9 Å². The van der Waals surface area contributed by atoms with Crippen LogP contribution in [0.15, 0.2) is 48.0 Å². The largest absolute Gasteiger partial charge is 0.493 e. The van der Waals surface area contributed by atoms with Gasteiger partial charge in [0.25, 0.3) is 11.6 Å². The zero-order chi connectivity index (χ0) is 20.1. The predicted molar refractivity (Wildman–Crippen MR) is 106 cm³/mol. The third-order valence-corrected chi connectivity index (χ3v) is 4.67. The molecule has 0 aliphatic rings. The van der Waals surface area contributed by atoms with Crippen LogP contribution in [0.25, 0.3) is 10.6 Å². The molecule has 8 nitrogen and oxygen atoms in total. The van der Waals surface area contributed by atoms with Crippen molar-refractivity contribution in [2.75, 3.05) is 19.0 Å². The van der Waals surface area contributed by atoms with Crippen LogP contribution in [-0.4, -0.2) is 29.5 Å². The predicted octanol–water partition coefficient (Wildman–Crippen LogP) is 4.38. The van der Waals surface area contributed by atoms with Crippen LogP contribution in [0.4, 0.5) is 11.4 Å². The summed E-state index contributed by atoms with van der Waals surface area (Å²) in [5.74, 6) is -0.157. The molecule has 0 unspecified atom stereocenters. The Balaban J connectivity index is 1.88. The van der Waals surface area contributed by atoms with E-state index in [1.54, 1.807) is 25.3 Å². The molecule has 1 N–H and O–H groups in total. The van der Waals surface area contributed by atoms with Gasteiger partial charge in [-0.3, -0.25) is 14.9 Å². The molecule has 0 bridgehead atoms. The van der Waals surface area contributed by atoms with Crippen LogP contribution < -0.4 is 14.8 Å². The van der Waals surface area contributed by atoms with E-state index >= 15 is 0 Å². The van der Waals surface area contributed by atoms with Crippen molar-refractivity contribution in [3.8, 4) is 22.1 Å². The van der Waals surface area contributed by atoms with Crippen molar-refractivity contribution < 1.29 is 19.2 Å². The average molecular weight is 399 g/mol. The molecular formula is C19H17N3O5S. The lowest BCUT2D eigenvalue weighted by Crippen LogP contribution is -2.14. The third kappa shape index (κ3) is 4.09. The Kier molecular flexibility index (Phi) is 5.85. The van der Waals surface area contributed by atoms with Crippen LogP contribution in [0, 0.1) is 10.1 Å². The van der Waals surface area contributed by atoms with Gasteiger partial charge in [-0.1, -0.05) is 0 Å². The molecule has 0 aliphatic carbocycles. The highest BCUT2D eigenvalue weighted by atomic mass is 32.1. The number of carbonyl (C=O) groups is 1. The number of nitro benzene ring substituents is 1. The highest BCUT2D eigenvalue weighted by Gasteiger charge is 2.25. The van der Waals surface area contributed by atoms with E-state index < -0.39 is 10.8 Å². The van der Waals surface area contributed by atoms with Crippen LogP contribution >= 0.6 is 11.3 Å². The van der Waals surface area contributed by atoms with Crippen LogP contribution in [-0.2, 0) is 0 Å². The fourth-order valence-corrected chi connectivity index (χ4v) is 3.22. The standard InChI is InChI=1S/C19H17N3O5S/c1-3-27-17-10-14(15(22(24)25)11-16(17)26-2)18(23)21-13-6-4-12(5-7-13)19-20-8-9-28-19/h4-11H,3H2,1-2H3,(H,21,23). The lowest BCUT2D eigenvalue weighted by atomic mass is 10.1. The smallest absolute Gasteiger partial charge is 0.286 e. The Hall–Kier alpha value is -3.46. The number of hydrogen-bond donors (Lipinski definition) is 1. The molecule has 1 amide bonds. The van der Waals surface area contributed by atoms with Crippen LogP contribution in [0.3, 0.4) is 0 Å². The first-order chi connectivity index (χ1) is 13.5. The summed E-state index contributed by atoms with van der Waals surface area (Å²) in [7, 11) is 1.38. The molecule has 0 fully saturated rings. The number of rotatable bonds is 7. The number of amides is 1. The summed E-state index contributed by atoms with van der Waals surface area (Å²) in [5, 5.41) is 16.8. The Morgan fingerprint density at radius 1 is 1.25 bits per heavy atom. The second kappa shape index (κ2) is 8.49. The number of benzene rings is 2. The number of aromatic nitrogens is 1. The number of nitrogens with zero attached hydrogens (tertiary/aromatic N) is 2. The number of nitro groups is 1. The van der Waals surface area contributed by atoms with Gasteiger partial charge in [0.1, 0.15) is 10.6 Å². The molecule has 0 atom stereocenters. The summed E-state index contributed by atoms with van der Waals surface area (Å²) in [5.41, 5.74) is 0.950. The summed E-state index contributed by atoms with van der Waals surface area (Å²) in [6.45, 7) is 2.10. The minimum Gasteiger partial charge on any atom is -0.493 e. The Morgan fingerprint density at radius 3 is 2.57 bits per heavy atom. The minimum atomic E-state index is -0.626. The molecule has 0 radical (unpaired) electrons. The van der Waals surface area contributed by atoms with Crippen molar-refractivity contribution in [3.63, 3.8) is 0 Å². The van der Waals surface area contributed by atoms with E-state index in [2.05, 4.69) is 10.3 Å². The number of ether oxygens (including phenoxy) is 2. The van der Waals surface area contributed by atoms with Crippen molar-refractivity contribution in [1.29, 1.82) is 0 Å². The molecule has 28 heavy (non-hydrogen) atoms. The van der Waals surface area contributed by atoms with Gasteiger partial charge in [0, 0.05) is 28.9 Å². The maximum atomic E-state index is 12.7. The number of carbonyl (C=O) groups excluding carboxylic acids is 1. The van der Waals surface area contributed by atoms with E-state index in [-0.39, 0.29) is 22.7 Å². The second-order valence-electron chi connectivity index (χ2n) is 5.58. The fourth-order valence-electron chi connectivity index (χ4n) is 2.57. The number of anilines is 1. The number of thiazole rings is 1. The third-order valence-electron chi connectivity index (χ3n) is 3.85. The lowest BCUT2D eigenvalue weighted by molar-refractivity contribution is -0.385. The molecule has 0 spiro atoms. The molecule has 0 saturated carbocycles. The molecule has 9 heteroatoms.